The van der Waals surface area contributed by atoms with Crippen molar-refractivity contribution in [2.75, 3.05) is 0 Å². The molecule has 0 aliphatic rings. The van der Waals surface area contributed by atoms with Crippen LogP contribution in [0, 0.1) is 6.92 Å². The van der Waals surface area contributed by atoms with Crippen LogP contribution in [0.1, 0.15) is 23.0 Å². The zero-order valence-electron chi connectivity index (χ0n) is 10.7. The van der Waals surface area contributed by atoms with Gasteiger partial charge in [-0.15, -0.1) is 0 Å². The summed E-state index contributed by atoms with van der Waals surface area (Å²) in [5.74, 6) is 0.479. The van der Waals surface area contributed by atoms with E-state index < -0.39 is 6.10 Å². The van der Waals surface area contributed by atoms with E-state index in [2.05, 4.69) is 0 Å². The van der Waals surface area contributed by atoms with Crippen molar-refractivity contribution in [3.05, 3.63) is 69.4 Å². The maximum absolute atomic E-state index is 10.5. The van der Waals surface area contributed by atoms with Crippen molar-refractivity contribution in [3.8, 4) is 0 Å². The summed E-state index contributed by atoms with van der Waals surface area (Å²) < 4.78 is 5.68. The first-order chi connectivity index (χ1) is 9.54. The molecule has 3 rings (SSSR count). The van der Waals surface area contributed by atoms with E-state index in [4.69, 9.17) is 27.6 Å². The highest BCUT2D eigenvalue weighted by Crippen LogP contribution is 2.32. The highest BCUT2D eigenvalue weighted by atomic mass is 35.5. The van der Waals surface area contributed by atoms with Crippen molar-refractivity contribution >= 4 is 34.2 Å². The van der Waals surface area contributed by atoms with E-state index >= 15 is 0 Å². The normalized spacial score (nSPS) is 12.8. The van der Waals surface area contributed by atoms with Gasteiger partial charge in [0.05, 0.1) is 0 Å². The van der Waals surface area contributed by atoms with E-state index in [1.54, 1.807) is 36.4 Å². The summed E-state index contributed by atoms with van der Waals surface area (Å²) in [5, 5.41) is 12.6. The summed E-state index contributed by atoms with van der Waals surface area (Å²) in [7, 11) is 0. The average Bonchev–Trinajstić information content (AvgIpc) is 2.83. The molecular weight excluding hydrogens is 295 g/mol. The Balaban J connectivity index is 2.07. The molecule has 1 N–H and O–H groups in total. The van der Waals surface area contributed by atoms with Gasteiger partial charge >= 0.3 is 0 Å². The molecule has 0 aliphatic heterocycles. The lowest BCUT2D eigenvalue weighted by Crippen LogP contribution is -2.00. The Bertz CT molecular complexity index is 777. The van der Waals surface area contributed by atoms with Crippen LogP contribution in [0.15, 0.2) is 46.9 Å². The number of halogens is 2. The van der Waals surface area contributed by atoms with Crippen LogP contribution < -0.4 is 0 Å². The fraction of sp³-hybridized carbons (Fsp3) is 0.125. The number of aliphatic hydroxyl groups is 1. The van der Waals surface area contributed by atoms with Crippen molar-refractivity contribution in [1.82, 2.24) is 0 Å². The van der Waals surface area contributed by atoms with Crippen molar-refractivity contribution < 1.29 is 9.52 Å². The second-order valence-electron chi connectivity index (χ2n) is 4.73. The minimum absolute atomic E-state index is 0.479. The molecule has 1 aromatic heterocycles. The highest BCUT2D eigenvalue weighted by Gasteiger charge is 2.18. The molecule has 0 saturated carbocycles. The number of fused-ring (bicyclic) bond motifs is 1. The third-order valence-electron chi connectivity index (χ3n) is 3.30. The third kappa shape index (κ3) is 2.42. The molecule has 1 atom stereocenters. The van der Waals surface area contributed by atoms with Gasteiger partial charge in [0.1, 0.15) is 17.4 Å². The van der Waals surface area contributed by atoms with Crippen molar-refractivity contribution in [2.24, 2.45) is 0 Å². The van der Waals surface area contributed by atoms with Gasteiger partial charge in [-0.2, -0.15) is 0 Å². The van der Waals surface area contributed by atoms with E-state index in [0.717, 1.165) is 16.5 Å². The molecule has 20 heavy (non-hydrogen) atoms. The smallest absolute Gasteiger partial charge is 0.138 e. The molecule has 0 fully saturated rings. The van der Waals surface area contributed by atoms with E-state index in [1.807, 2.05) is 13.0 Å². The van der Waals surface area contributed by atoms with Gasteiger partial charge in [0.2, 0.25) is 0 Å². The summed E-state index contributed by atoms with van der Waals surface area (Å²) >= 11 is 11.9. The standard InChI is InChI=1S/C16H12Cl2O2/c1-9-2-3-12(18)8-13(9)16(19)15-7-10-6-11(17)4-5-14(10)20-15/h2-8,16,19H,1H3. The van der Waals surface area contributed by atoms with Gasteiger partial charge < -0.3 is 9.52 Å². The van der Waals surface area contributed by atoms with E-state index in [0.29, 0.717) is 21.4 Å². The Labute approximate surface area is 126 Å². The van der Waals surface area contributed by atoms with Gasteiger partial charge in [-0.3, -0.25) is 0 Å². The van der Waals surface area contributed by atoms with Gasteiger partial charge in [-0.25, -0.2) is 0 Å². The first kappa shape index (κ1) is 13.5. The second kappa shape index (κ2) is 5.13. The predicted molar refractivity (Wildman–Crippen MR) is 81.5 cm³/mol. The van der Waals surface area contributed by atoms with Gasteiger partial charge in [0, 0.05) is 15.4 Å². The number of hydrogen-bond acceptors (Lipinski definition) is 2. The van der Waals surface area contributed by atoms with Crippen LogP contribution in [0.2, 0.25) is 10.0 Å². The molecule has 2 nitrogen and oxygen atoms in total. The number of hydrogen-bond donors (Lipinski definition) is 1. The van der Waals surface area contributed by atoms with Crippen LogP contribution >= 0.6 is 23.2 Å². The molecule has 0 spiro atoms. The van der Waals surface area contributed by atoms with Gasteiger partial charge in [0.25, 0.3) is 0 Å². The zero-order chi connectivity index (χ0) is 14.3. The summed E-state index contributed by atoms with van der Waals surface area (Å²) in [6.07, 6.45) is -0.847. The predicted octanol–water partition coefficient (Wildman–Crippen LogP) is 5.13. The molecular formula is C16H12Cl2O2. The average molecular weight is 307 g/mol. The lowest BCUT2D eigenvalue weighted by Gasteiger charge is -2.11. The number of aryl methyl sites for hydroxylation is 1. The monoisotopic (exact) mass is 306 g/mol. The van der Waals surface area contributed by atoms with Crippen molar-refractivity contribution in [2.45, 2.75) is 13.0 Å². The van der Waals surface area contributed by atoms with Crippen LogP contribution in [-0.4, -0.2) is 5.11 Å². The molecule has 3 aromatic rings. The quantitative estimate of drug-likeness (QED) is 0.712. The lowest BCUT2D eigenvalue weighted by atomic mass is 10.0. The molecule has 1 unspecified atom stereocenters. The second-order valence-corrected chi connectivity index (χ2v) is 5.61. The summed E-state index contributed by atoms with van der Waals surface area (Å²) in [6, 6.07) is 12.6. The van der Waals surface area contributed by atoms with E-state index in [1.165, 1.54) is 0 Å². The van der Waals surface area contributed by atoms with Crippen LogP contribution in [0.5, 0.6) is 0 Å². The van der Waals surface area contributed by atoms with Crippen molar-refractivity contribution in [3.63, 3.8) is 0 Å². The minimum Gasteiger partial charge on any atom is -0.458 e. The van der Waals surface area contributed by atoms with Crippen LogP contribution in [0.3, 0.4) is 0 Å². The first-order valence-electron chi connectivity index (χ1n) is 6.18. The Morgan fingerprint density at radius 1 is 1.00 bits per heavy atom. The SMILES string of the molecule is Cc1ccc(Cl)cc1C(O)c1cc2cc(Cl)ccc2o1. The Morgan fingerprint density at radius 2 is 1.70 bits per heavy atom. The highest BCUT2D eigenvalue weighted by molar-refractivity contribution is 6.31. The summed E-state index contributed by atoms with van der Waals surface area (Å²) in [6.45, 7) is 1.93. The third-order valence-corrected chi connectivity index (χ3v) is 3.77. The van der Waals surface area contributed by atoms with Crippen LogP contribution in [0.4, 0.5) is 0 Å². The maximum Gasteiger partial charge on any atom is 0.138 e. The molecule has 0 saturated heterocycles. The first-order valence-corrected chi connectivity index (χ1v) is 6.93. The number of furan rings is 1. The zero-order valence-corrected chi connectivity index (χ0v) is 12.2. The van der Waals surface area contributed by atoms with Crippen LogP contribution in [-0.2, 0) is 0 Å². The Kier molecular flexibility index (Phi) is 3.47. The molecule has 1 heterocycles. The van der Waals surface area contributed by atoms with E-state index in [9.17, 15) is 5.11 Å². The Morgan fingerprint density at radius 3 is 2.50 bits per heavy atom. The van der Waals surface area contributed by atoms with Gasteiger partial charge in [-0.05, 0) is 54.4 Å². The number of rotatable bonds is 2. The molecule has 2 aromatic carbocycles. The maximum atomic E-state index is 10.5. The lowest BCUT2D eigenvalue weighted by molar-refractivity contribution is 0.191. The number of benzene rings is 2. The molecule has 0 radical (unpaired) electrons. The fourth-order valence-corrected chi connectivity index (χ4v) is 2.59. The van der Waals surface area contributed by atoms with Gasteiger partial charge in [0.15, 0.2) is 0 Å². The number of aliphatic hydroxyl groups excluding tert-OH is 1. The van der Waals surface area contributed by atoms with Crippen molar-refractivity contribution in [1.29, 1.82) is 0 Å². The largest absolute Gasteiger partial charge is 0.458 e. The molecule has 4 heteroatoms. The van der Waals surface area contributed by atoms with Crippen LogP contribution in [0.25, 0.3) is 11.0 Å². The fourth-order valence-electron chi connectivity index (χ4n) is 2.23. The molecule has 0 bridgehead atoms. The summed E-state index contributed by atoms with van der Waals surface area (Å²) in [5.41, 5.74) is 2.39. The topological polar surface area (TPSA) is 33.4 Å². The Hall–Kier alpha value is -1.48. The molecule has 0 amide bonds. The molecule has 0 aliphatic carbocycles. The van der Waals surface area contributed by atoms with Gasteiger partial charge in [-0.1, -0.05) is 29.3 Å². The molecule has 102 valence electrons. The van der Waals surface area contributed by atoms with E-state index in [-0.39, 0.29) is 0 Å². The summed E-state index contributed by atoms with van der Waals surface area (Å²) in [4.78, 5) is 0. The minimum atomic E-state index is -0.847.